The number of benzene rings is 1. The summed E-state index contributed by atoms with van der Waals surface area (Å²) in [7, 11) is -0.943. The fourth-order valence-corrected chi connectivity index (χ4v) is 2.71. The fraction of sp³-hybridized carbons (Fsp3) is 0.571. The molecule has 172 valence electrons. The zero-order chi connectivity index (χ0) is 23.8. The molecule has 1 aromatic rings. The van der Waals surface area contributed by atoms with Crippen molar-refractivity contribution >= 4 is 19.3 Å². The quantitative estimate of drug-likeness (QED) is 0.499. The summed E-state index contributed by atoms with van der Waals surface area (Å²) >= 11 is 0. The molecule has 0 aliphatic carbocycles. The number of alkyl carbamates (subject to hydrolysis) is 1. The lowest BCUT2D eigenvalue weighted by atomic mass is 9.77. The predicted octanol–water partition coefficient (Wildman–Crippen LogP) is 5.38. The van der Waals surface area contributed by atoms with Crippen molar-refractivity contribution in [3.8, 4) is 0 Å². The maximum Gasteiger partial charge on any atom is 0.492 e. The van der Waals surface area contributed by atoms with Gasteiger partial charge in [-0.2, -0.15) is 13.2 Å². The number of carbonyl (C=O) groups is 1. The Kier molecular flexibility index (Phi) is 6.88. The van der Waals surface area contributed by atoms with Crippen LogP contribution in [-0.4, -0.2) is 36.6 Å². The summed E-state index contributed by atoms with van der Waals surface area (Å²) in [5.41, 5.74) is -3.00. The molecule has 1 fully saturated rings. The van der Waals surface area contributed by atoms with E-state index < -0.39 is 47.6 Å². The smallest absolute Gasteiger partial charge is 0.444 e. The van der Waals surface area contributed by atoms with Crippen LogP contribution in [0.5, 0.6) is 0 Å². The van der Waals surface area contributed by atoms with Gasteiger partial charge >= 0.3 is 19.4 Å². The molecule has 0 saturated carbocycles. The molecule has 0 atom stereocenters. The third-order valence-corrected chi connectivity index (χ3v) is 5.06. The lowest BCUT2D eigenvalue weighted by molar-refractivity contribution is -0.137. The minimum atomic E-state index is -4.66. The van der Waals surface area contributed by atoms with E-state index in [0.717, 1.165) is 12.1 Å². The number of rotatable bonds is 4. The number of amides is 1. The standard InChI is InChI=1S/C21H28BF4NO4/c1-18(2,3)29-17(28)27-12-15(22-30-19(4,5)20(6,7)31-22)10-13-8-9-14(11-16(13)23)21(24,25)26/h8-11H,12H2,1-7H3,(H,27,28). The molecule has 1 saturated heterocycles. The summed E-state index contributed by atoms with van der Waals surface area (Å²) in [5.74, 6) is -1.05. The summed E-state index contributed by atoms with van der Waals surface area (Å²) in [5, 5.41) is 2.55. The van der Waals surface area contributed by atoms with Gasteiger partial charge in [0, 0.05) is 12.1 Å². The first kappa shape index (κ1) is 25.2. The number of halogens is 4. The Morgan fingerprint density at radius 1 is 1.13 bits per heavy atom. The second-order valence-electron chi connectivity index (χ2n) is 9.40. The third kappa shape index (κ3) is 6.46. The van der Waals surface area contributed by atoms with Crippen LogP contribution in [0.4, 0.5) is 22.4 Å². The van der Waals surface area contributed by atoms with Gasteiger partial charge in [0.05, 0.1) is 16.8 Å². The third-order valence-electron chi connectivity index (χ3n) is 5.06. The molecule has 1 aliphatic rings. The first-order chi connectivity index (χ1) is 13.9. The molecule has 10 heteroatoms. The summed E-state index contributed by atoms with van der Waals surface area (Å²) in [6.45, 7) is 12.3. The average molecular weight is 445 g/mol. The molecule has 1 aliphatic heterocycles. The second kappa shape index (κ2) is 8.46. The number of hydrogen-bond donors (Lipinski definition) is 1. The first-order valence-electron chi connectivity index (χ1n) is 9.81. The average Bonchev–Trinajstić information content (AvgIpc) is 2.77. The highest BCUT2D eigenvalue weighted by Gasteiger charge is 2.52. The van der Waals surface area contributed by atoms with Crippen LogP contribution >= 0.6 is 0 Å². The molecule has 0 unspecified atom stereocenters. The highest BCUT2D eigenvalue weighted by molar-refractivity contribution is 6.56. The summed E-state index contributed by atoms with van der Waals surface area (Å²) in [4.78, 5) is 12.1. The molecule has 0 radical (unpaired) electrons. The Labute approximate surface area is 180 Å². The maximum atomic E-state index is 14.4. The fourth-order valence-electron chi connectivity index (χ4n) is 2.71. The molecule has 1 amide bonds. The van der Waals surface area contributed by atoms with Crippen LogP contribution in [0.1, 0.15) is 59.6 Å². The van der Waals surface area contributed by atoms with Crippen molar-refractivity contribution in [2.45, 2.75) is 71.4 Å². The van der Waals surface area contributed by atoms with Crippen LogP contribution in [0.2, 0.25) is 0 Å². The second-order valence-corrected chi connectivity index (χ2v) is 9.40. The molecule has 5 nitrogen and oxygen atoms in total. The SMILES string of the molecule is CC(C)(C)OC(=O)NCC(=Cc1ccc(C(F)(F)F)cc1F)B1OC(C)(C)C(C)(C)O1. The molecular formula is C21H28BF4NO4. The first-order valence-corrected chi connectivity index (χ1v) is 9.81. The van der Waals surface area contributed by atoms with Crippen LogP contribution in [0.25, 0.3) is 6.08 Å². The number of ether oxygens (including phenoxy) is 1. The molecule has 0 spiro atoms. The van der Waals surface area contributed by atoms with Gasteiger partial charge in [-0.05, 0) is 66.1 Å². The van der Waals surface area contributed by atoms with Crippen LogP contribution in [0.15, 0.2) is 23.7 Å². The van der Waals surface area contributed by atoms with E-state index in [9.17, 15) is 22.4 Å². The highest BCUT2D eigenvalue weighted by Crippen LogP contribution is 2.39. The van der Waals surface area contributed by atoms with E-state index in [0.29, 0.717) is 11.5 Å². The molecule has 1 heterocycles. The van der Waals surface area contributed by atoms with E-state index in [2.05, 4.69) is 5.32 Å². The van der Waals surface area contributed by atoms with Crippen molar-refractivity contribution in [2.75, 3.05) is 6.54 Å². The molecule has 31 heavy (non-hydrogen) atoms. The van der Waals surface area contributed by atoms with Crippen molar-refractivity contribution in [1.82, 2.24) is 5.32 Å². The van der Waals surface area contributed by atoms with Crippen LogP contribution < -0.4 is 5.32 Å². The molecule has 0 aromatic heterocycles. The lowest BCUT2D eigenvalue weighted by Gasteiger charge is -2.32. The van der Waals surface area contributed by atoms with E-state index in [-0.39, 0.29) is 12.1 Å². The van der Waals surface area contributed by atoms with Gasteiger partial charge in [-0.3, -0.25) is 0 Å². The lowest BCUT2D eigenvalue weighted by Crippen LogP contribution is -2.41. The minimum absolute atomic E-state index is 0.0938. The molecule has 2 rings (SSSR count). The van der Waals surface area contributed by atoms with Crippen molar-refractivity contribution in [1.29, 1.82) is 0 Å². The molecular weight excluding hydrogens is 417 g/mol. The van der Waals surface area contributed by atoms with E-state index in [1.165, 1.54) is 6.08 Å². The van der Waals surface area contributed by atoms with Crippen molar-refractivity contribution in [2.24, 2.45) is 0 Å². The summed E-state index contributed by atoms with van der Waals surface area (Å²) in [6.07, 6.45) is -4.05. The molecule has 1 aromatic carbocycles. The van der Waals surface area contributed by atoms with Gasteiger partial charge in [0.2, 0.25) is 0 Å². The molecule has 0 bridgehead atoms. The normalized spacial score (nSPS) is 18.8. The Balaban J connectivity index is 2.35. The van der Waals surface area contributed by atoms with Gasteiger partial charge < -0.3 is 19.4 Å². The van der Waals surface area contributed by atoms with Gasteiger partial charge in [0.25, 0.3) is 0 Å². The van der Waals surface area contributed by atoms with Gasteiger partial charge in [0.1, 0.15) is 11.4 Å². The zero-order valence-electron chi connectivity index (χ0n) is 18.7. The summed E-state index contributed by atoms with van der Waals surface area (Å²) in [6, 6.07) is 2.24. The van der Waals surface area contributed by atoms with Crippen molar-refractivity contribution in [3.05, 3.63) is 40.6 Å². The summed E-state index contributed by atoms with van der Waals surface area (Å²) < 4.78 is 70.1. The zero-order valence-corrected chi connectivity index (χ0v) is 18.7. The van der Waals surface area contributed by atoms with Crippen LogP contribution in [-0.2, 0) is 20.2 Å². The van der Waals surface area contributed by atoms with Gasteiger partial charge in [-0.1, -0.05) is 12.1 Å². The van der Waals surface area contributed by atoms with Crippen molar-refractivity contribution < 1.29 is 36.4 Å². The topological polar surface area (TPSA) is 56.8 Å². The van der Waals surface area contributed by atoms with Gasteiger partial charge in [0.15, 0.2) is 0 Å². The maximum absolute atomic E-state index is 14.4. The predicted molar refractivity (Wildman–Crippen MR) is 110 cm³/mol. The Bertz CT molecular complexity index is 844. The molecule has 1 N–H and O–H groups in total. The van der Waals surface area contributed by atoms with E-state index in [4.69, 9.17) is 14.0 Å². The monoisotopic (exact) mass is 445 g/mol. The Morgan fingerprint density at radius 2 is 1.68 bits per heavy atom. The number of carbonyl (C=O) groups excluding carboxylic acids is 1. The minimum Gasteiger partial charge on any atom is -0.444 e. The van der Waals surface area contributed by atoms with E-state index in [1.54, 1.807) is 20.8 Å². The Hall–Kier alpha value is -2.07. The Morgan fingerprint density at radius 3 is 2.13 bits per heavy atom. The highest BCUT2D eigenvalue weighted by atomic mass is 19.4. The number of hydrogen-bond acceptors (Lipinski definition) is 4. The van der Waals surface area contributed by atoms with E-state index in [1.807, 2.05) is 27.7 Å². The van der Waals surface area contributed by atoms with E-state index >= 15 is 0 Å². The van der Waals surface area contributed by atoms with Crippen molar-refractivity contribution in [3.63, 3.8) is 0 Å². The van der Waals surface area contributed by atoms with Gasteiger partial charge in [-0.25, -0.2) is 9.18 Å². The van der Waals surface area contributed by atoms with Crippen LogP contribution in [0.3, 0.4) is 0 Å². The number of nitrogens with one attached hydrogen (secondary N) is 1. The van der Waals surface area contributed by atoms with Gasteiger partial charge in [-0.15, -0.1) is 0 Å². The number of alkyl halides is 3. The van der Waals surface area contributed by atoms with Crippen LogP contribution in [0, 0.1) is 5.82 Å². The largest absolute Gasteiger partial charge is 0.492 e.